The van der Waals surface area contributed by atoms with Crippen molar-refractivity contribution in [3.8, 4) is 0 Å². The summed E-state index contributed by atoms with van der Waals surface area (Å²) in [6.45, 7) is 6.06. The minimum atomic E-state index is -1.78. The third-order valence-corrected chi connectivity index (χ3v) is 5.90. The van der Waals surface area contributed by atoms with E-state index in [2.05, 4.69) is 13.8 Å². The smallest absolute Gasteiger partial charge is 0.336 e. The predicted octanol–water partition coefficient (Wildman–Crippen LogP) is 1.76. The molecule has 4 nitrogen and oxygen atoms in total. The van der Waals surface area contributed by atoms with Gasteiger partial charge in [0.25, 0.3) is 5.79 Å². The molecule has 0 radical (unpaired) electrons. The minimum absolute atomic E-state index is 0.0105. The normalized spacial score (nSPS) is 49.7. The van der Waals surface area contributed by atoms with Crippen LogP contribution in [0, 0.1) is 17.3 Å². The number of esters is 1. The van der Waals surface area contributed by atoms with Gasteiger partial charge in [-0.3, -0.25) is 0 Å². The molecule has 1 heterocycles. The lowest BCUT2D eigenvalue weighted by molar-refractivity contribution is -0.255. The summed E-state index contributed by atoms with van der Waals surface area (Å²) in [6.07, 6.45) is 2.71. The number of hydrogen-bond donors (Lipinski definition) is 2. The zero-order chi connectivity index (χ0) is 14.0. The standard InChI is InChI=1S/C15H22O4/c1-8-5-4-6-10-12(16)15(18)11(7-14(8,10)3)9(2)13(17)19-15/h8,10,12,16,18H,4-7H2,1-3H3/t8-,10+,12+,14+,15+/m0/s1. The zero-order valence-corrected chi connectivity index (χ0v) is 11.8. The van der Waals surface area contributed by atoms with Crippen molar-refractivity contribution < 1.29 is 19.7 Å². The highest BCUT2D eigenvalue weighted by molar-refractivity contribution is 5.92. The fraction of sp³-hybridized carbons (Fsp3) is 0.800. The fourth-order valence-electron chi connectivity index (χ4n) is 4.32. The molecule has 2 N–H and O–H groups in total. The Balaban J connectivity index is 2.09. The second-order valence-electron chi connectivity index (χ2n) is 6.76. The average Bonchev–Trinajstić information content (AvgIpc) is 2.56. The molecule has 0 aromatic carbocycles. The molecule has 3 rings (SSSR count). The summed E-state index contributed by atoms with van der Waals surface area (Å²) < 4.78 is 5.10. The molecular formula is C15H22O4. The topological polar surface area (TPSA) is 66.8 Å². The summed E-state index contributed by atoms with van der Waals surface area (Å²) in [4.78, 5) is 11.7. The molecule has 0 aromatic heterocycles. The van der Waals surface area contributed by atoms with Crippen LogP contribution in [0.4, 0.5) is 0 Å². The highest BCUT2D eigenvalue weighted by Gasteiger charge is 2.62. The van der Waals surface area contributed by atoms with Crippen LogP contribution in [0.5, 0.6) is 0 Å². The third-order valence-electron chi connectivity index (χ3n) is 5.90. The highest BCUT2D eigenvalue weighted by atomic mass is 16.7. The lowest BCUT2D eigenvalue weighted by atomic mass is 9.52. The van der Waals surface area contributed by atoms with E-state index in [-0.39, 0.29) is 11.3 Å². The largest absolute Gasteiger partial charge is 0.423 e. The highest BCUT2D eigenvalue weighted by Crippen LogP contribution is 2.59. The van der Waals surface area contributed by atoms with Crippen molar-refractivity contribution in [3.05, 3.63) is 11.1 Å². The Morgan fingerprint density at radius 1 is 1.37 bits per heavy atom. The Bertz CT molecular complexity index is 469. The van der Waals surface area contributed by atoms with Crippen LogP contribution in [-0.2, 0) is 9.53 Å². The number of rotatable bonds is 0. The van der Waals surface area contributed by atoms with Gasteiger partial charge in [-0.25, -0.2) is 4.79 Å². The number of carbonyl (C=O) groups excluding carboxylic acids is 1. The Morgan fingerprint density at radius 3 is 2.74 bits per heavy atom. The molecule has 3 aliphatic rings. The van der Waals surface area contributed by atoms with Crippen LogP contribution in [0.15, 0.2) is 11.1 Å². The number of aliphatic hydroxyl groups excluding tert-OH is 1. The molecular weight excluding hydrogens is 244 g/mol. The van der Waals surface area contributed by atoms with Crippen LogP contribution >= 0.6 is 0 Å². The molecule has 106 valence electrons. The molecule has 4 heteroatoms. The predicted molar refractivity (Wildman–Crippen MR) is 69.0 cm³/mol. The first-order valence-electron chi connectivity index (χ1n) is 7.14. The second kappa shape index (κ2) is 3.83. The van der Waals surface area contributed by atoms with Crippen molar-refractivity contribution in [2.75, 3.05) is 0 Å². The van der Waals surface area contributed by atoms with E-state index in [1.165, 1.54) is 0 Å². The van der Waals surface area contributed by atoms with E-state index in [0.717, 1.165) is 19.3 Å². The first-order valence-corrected chi connectivity index (χ1v) is 7.14. The lowest BCUT2D eigenvalue weighted by Gasteiger charge is -2.55. The van der Waals surface area contributed by atoms with Gasteiger partial charge in [0, 0.05) is 11.1 Å². The molecule has 0 aromatic rings. The van der Waals surface area contributed by atoms with Crippen molar-refractivity contribution >= 4 is 5.97 Å². The molecule has 2 saturated carbocycles. The molecule has 5 atom stereocenters. The maximum atomic E-state index is 11.7. The Labute approximate surface area is 113 Å². The average molecular weight is 266 g/mol. The quantitative estimate of drug-likeness (QED) is 0.656. The summed E-state index contributed by atoms with van der Waals surface area (Å²) in [5.41, 5.74) is 1.01. The summed E-state index contributed by atoms with van der Waals surface area (Å²) in [5, 5.41) is 21.2. The van der Waals surface area contributed by atoms with Gasteiger partial charge in [-0.05, 0) is 37.0 Å². The van der Waals surface area contributed by atoms with E-state index in [1.807, 2.05) is 0 Å². The summed E-state index contributed by atoms with van der Waals surface area (Å²) in [6, 6.07) is 0. The molecule has 2 aliphatic carbocycles. The van der Waals surface area contributed by atoms with Crippen LogP contribution in [0.25, 0.3) is 0 Å². The third kappa shape index (κ3) is 1.50. The van der Waals surface area contributed by atoms with Crippen LogP contribution < -0.4 is 0 Å². The molecule has 0 unspecified atom stereocenters. The molecule has 2 fully saturated rings. The summed E-state index contributed by atoms with van der Waals surface area (Å²) >= 11 is 0. The Hall–Kier alpha value is -0.870. The van der Waals surface area contributed by atoms with E-state index < -0.39 is 17.9 Å². The Morgan fingerprint density at radius 2 is 2.05 bits per heavy atom. The second-order valence-corrected chi connectivity index (χ2v) is 6.76. The van der Waals surface area contributed by atoms with Crippen LogP contribution in [0.3, 0.4) is 0 Å². The van der Waals surface area contributed by atoms with Gasteiger partial charge in [-0.2, -0.15) is 0 Å². The molecule has 0 bridgehead atoms. The number of fused-ring (bicyclic) bond motifs is 2. The maximum Gasteiger partial charge on any atom is 0.336 e. The number of ether oxygens (including phenoxy) is 1. The van der Waals surface area contributed by atoms with E-state index in [4.69, 9.17) is 4.74 Å². The first kappa shape index (κ1) is 13.1. The van der Waals surface area contributed by atoms with Crippen molar-refractivity contribution in [1.82, 2.24) is 0 Å². The zero-order valence-electron chi connectivity index (χ0n) is 11.8. The van der Waals surface area contributed by atoms with Crippen molar-refractivity contribution in [3.63, 3.8) is 0 Å². The minimum Gasteiger partial charge on any atom is -0.423 e. The SMILES string of the molecule is CC1=C2C[C@@]3(C)[C@H](CCC[C@@H]3C)[C@@H](O)[C@]2(O)OC1=O. The van der Waals surface area contributed by atoms with E-state index >= 15 is 0 Å². The van der Waals surface area contributed by atoms with Gasteiger partial charge in [-0.1, -0.05) is 26.7 Å². The van der Waals surface area contributed by atoms with Gasteiger partial charge >= 0.3 is 5.97 Å². The lowest BCUT2D eigenvalue weighted by Crippen LogP contribution is -2.60. The van der Waals surface area contributed by atoms with Gasteiger partial charge in [0.15, 0.2) is 0 Å². The van der Waals surface area contributed by atoms with E-state index in [0.29, 0.717) is 23.5 Å². The summed E-state index contributed by atoms with van der Waals surface area (Å²) in [5.74, 6) is -1.81. The van der Waals surface area contributed by atoms with Crippen molar-refractivity contribution in [1.29, 1.82) is 0 Å². The Kier molecular flexibility index (Phi) is 2.64. The van der Waals surface area contributed by atoms with Crippen LogP contribution in [0.1, 0.15) is 46.5 Å². The van der Waals surface area contributed by atoms with Gasteiger partial charge < -0.3 is 14.9 Å². The number of carbonyl (C=O) groups is 1. The first-order chi connectivity index (χ1) is 8.80. The van der Waals surface area contributed by atoms with Gasteiger partial charge in [0.05, 0.1) is 0 Å². The monoisotopic (exact) mass is 266 g/mol. The van der Waals surface area contributed by atoms with Crippen LogP contribution in [-0.4, -0.2) is 28.1 Å². The molecule has 0 spiro atoms. The van der Waals surface area contributed by atoms with Gasteiger partial charge in [0.1, 0.15) is 6.10 Å². The van der Waals surface area contributed by atoms with E-state index in [1.54, 1.807) is 6.92 Å². The molecule has 1 aliphatic heterocycles. The van der Waals surface area contributed by atoms with Gasteiger partial charge in [0.2, 0.25) is 0 Å². The maximum absolute atomic E-state index is 11.7. The summed E-state index contributed by atoms with van der Waals surface area (Å²) in [7, 11) is 0. The van der Waals surface area contributed by atoms with Gasteiger partial charge in [-0.15, -0.1) is 0 Å². The fourth-order valence-corrected chi connectivity index (χ4v) is 4.32. The van der Waals surface area contributed by atoms with Crippen molar-refractivity contribution in [2.45, 2.75) is 58.3 Å². The van der Waals surface area contributed by atoms with Crippen LogP contribution in [0.2, 0.25) is 0 Å². The molecule has 0 saturated heterocycles. The molecule has 0 amide bonds. The van der Waals surface area contributed by atoms with Crippen molar-refractivity contribution in [2.24, 2.45) is 17.3 Å². The van der Waals surface area contributed by atoms with E-state index in [9.17, 15) is 15.0 Å². The number of aliphatic hydroxyl groups is 2. The number of hydrogen-bond acceptors (Lipinski definition) is 4. The molecule has 19 heavy (non-hydrogen) atoms.